The minimum absolute atomic E-state index is 0.700. The van der Waals surface area contributed by atoms with Crippen LogP contribution in [0, 0.1) is 0 Å². The number of rotatable bonds is 6. The van der Waals surface area contributed by atoms with E-state index in [-0.39, 0.29) is 0 Å². The molecule has 2 rings (SSSR count). The van der Waals surface area contributed by atoms with Crippen molar-refractivity contribution in [3.63, 3.8) is 0 Å². The van der Waals surface area contributed by atoms with Crippen LogP contribution in [-0.2, 0) is 0 Å². The standard InChI is InChI=1S/C19H24/c1-3-10-16(11-4-2)18-14-8-9-15-19(18)17-12-6-5-7-13-17/h5-9,12-16H,3-4,10-11H2,1-2H3. The van der Waals surface area contributed by atoms with Crippen molar-refractivity contribution in [1.82, 2.24) is 0 Å². The third-order valence-corrected chi connectivity index (χ3v) is 3.76. The van der Waals surface area contributed by atoms with Crippen molar-refractivity contribution in [2.75, 3.05) is 0 Å². The third-order valence-electron chi connectivity index (χ3n) is 3.76. The van der Waals surface area contributed by atoms with Crippen LogP contribution in [0.3, 0.4) is 0 Å². The Morgan fingerprint density at radius 1 is 0.737 bits per heavy atom. The van der Waals surface area contributed by atoms with Gasteiger partial charge in [0.15, 0.2) is 0 Å². The van der Waals surface area contributed by atoms with E-state index in [4.69, 9.17) is 0 Å². The van der Waals surface area contributed by atoms with Gasteiger partial charge in [0.25, 0.3) is 0 Å². The summed E-state index contributed by atoms with van der Waals surface area (Å²) in [5.74, 6) is 0.700. The summed E-state index contributed by atoms with van der Waals surface area (Å²) in [4.78, 5) is 0. The first-order valence-electron chi connectivity index (χ1n) is 7.51. The summed E-state index contributed by atoms with van der Waals surface area (Å²) in [5, 5.41) is 0. The molecule has 0 saturated carbocycles. The summed E-state index contributed by atoms with van der Waals surface area (Å²) >= 11 is 0. The monoisotopic (exact) mass is 252 g/mol. The SMILES string of the molecule is CCCC(CCC)c1ccccc1-c1ccccc1. The molecule has 0 N–H and O–H groups in total. The highest BCUT2D eigenvalue weighted by Crippen LogP contribution is 2.34. The van der Waals surface area contributed by atoms with Crippen molar-refractivity contribution < 1.29 is 0 Å². The van der Waals surface area contributed by atoms with Gasteiger partial charge in [-0.3, -0.25) is 0 Å². The first-order chi connectivity index (χ1) is 9.36. The summed E-state index contributed by atoms with van der Waals surface area (Å²) in [7, 11) is 0. The van der Waals surface area contributed by atoms with Crippen molar-refractivity contribution in [3.8, 4) is 11.1 Å². The second-order valence-corrected chi connectivity index (χ2v) is 5.23. The topological polar surface area (TPSA) is 0 Å². The van der Waals surface area contributed by atoms with Gasteiger partial charge in [0.2, 0.25) is 0 Å². The second kappa shape index (κ2) is 7.13. The van der Waals surface area contributed by atoms with E-state index in [0.29, 0.717) is 5.92 Å². The van der Waals surface area contributed by atoms with E-state index in [0.717, 1.165) is 0 Å². The largest absolute Gasteiger partial charge is 0.0654 e. The molecule has 0 fully saturated rings. The highest BCUT2D eigenvalue weighted by atomic mass is 14.2. The molecule has 0 nitrogen and oxygen atoms in total. The highest BCUT2D eigenvalue weighted by Gasteiger charge is 2.14. The van der Waals surface area contributed by atoms with Gasteiger partial charge in [0.1, 0.15) is 0 Å². The van der Waals surface area contributed by atoms with E-state index >= 15 is 0 Å². The molecule has 2 aromatic carbocycles. The maximum atomic E-state index is 2.32. The molecule has 0 aliphatic heterocycles. The molecular weight excluding hydrogens is 228 g/mol. The average molecular weight is 252 g/mol. The molecular formula is C19H24. The summed E-state index contributed by atoms with van der Waals surface area (Å²) in [6.07, 6.45) is 5.09. The molecule has 100 valence electrons. The summed E-state index contributed by atoms with van der Waals surface area (Å²) in [6.45, 7) is 4.57. The van der Waals surface area contributed by atoms with Gasteiger partial charge in [0, 0.05) is 0 Å². The van der Waals surface area contributed by atoms with E-state index in [1.807, 2.05) is 0 Å². The molecule has 19 heavy (non-hydrogen) atoms. The quantitative estimate of drug-likeness (QED) is 0.588. The summed E-state index contributed by atoms with van der Waals surface area (Å²) in [6, 6.07) is 19.7. The van der Waals surface area contributed by atoms with Gasteiger partial charge in [-0.2, -0.15) is 0 Å². The smallest absolute Gasteiger partial charge is 0.0149 e. The van der Waals surface area contributed by atoms with Gasteiger partial charge in [-0.25, -0.2) is 0 Å². The van der Waals surface area contributed by atoms with E-state index in [9.17, 15) is 0 Å². The van der Waals surface area contributed by atoms with Gasteiger partial charge < -0.3 is 0 Å². The van der Waals surface area contributed by atoms with Gasteiger partial charge >= 0.3 is 0 Å². The minimum Gasteiger partial charge on any atom is -0.0654 e. The molecule has 0 spiro atoms. The van der Waals surface area contributed by atoms with Gasteiger partial charge in [0.05, 0.1) is 0 Å². The first-order valence-corrected chi connectivity index (χ1v) is 7.51. The van der Waals surface area contributed by atoms with Crippen LogP contribution in [0.5, 0.6) is 0 Å². The van der Waals surface area contributed by atoms with Crippen molar-refractivity contribution in [2.24, 2.45) is 0 Å². The lowest BCUT2D eigenvalue weighted by molar-refractivity contribution is 0.562. The Bertz CT molecular complexity index is 478. The Morgan fingerprint density at radius 2 is 1.32 bits per heavy atom. The Hall–Kier alpha value is -1.56. The van der Waals surface area contributed by atoms with Crippen molar-refractivity contribution in [2.45, 2.75) is 45.4 Å². The van der Waals surface area contributed by atoms with Crippen LogP contribution in [-0.4, -0.2) is 0 Å². The predicted molar refractivity (Wildman–Crippen MR) is 84.4 cm³/mol. The molecule has 0 aliphatic rings. The van der Waals surface area contributed by atoms with Crippen LogP contribution in [0.25, 0.3) is 11.1 Å². The maximum absolute atomic E-state index is 2.32. The fourth-order valence-corrected chi connectivity index (χ4v) is 2.89. The fourth-order valence-electron chi connectivity index (χ4n) is 2.89. The molecule has 0 radical (unpaired) electrons. The Kier molecular flexibility index (Phi) is 5.20. The minimum atomic E-state index is 0.700. The van der Waals surface area contributed by atoms with Crippen LogP contribution in [0.1, 0.15) is 51.0 Å². The van der Waals surface area contributed by atoms with E-state index < -0.39 is 0 Å². The van der Waals surface area contributed by atoms with Gasteiger partial charge in [-0.1, -0.05) is 81.3 Å². The molecule has 0 saturated heterocycles. The fraction of sp³-hybridized carbons (Fsp3) is 0.368. The zero-order valence-electron chi connectivity index (χ0n) is 12.1. The number of hydrogen-bond donors (Lipinski definition) is 0. The molecule has 0 heterocycles. The maximum Gasteiger partial charge on any atom is -0.0149 e. The zero-order valence-corrected chi connectivity index (χ0v) is 12.1. The summed E-state index contributed by atoms with van der Waals surface area (Å²) in [5.41, 5.74) is 4.28. The third kappa shape index (κ3) is 3.47. The van der Waals surface area contributed by atoms with E-state index in [1.165, 1.54) is 42.4 Å². The van der Waals surface area contributed by atoms with Gasteiger partial charge in [-0.05, 0) is 35.4 Å². The molecule has 0 unspecified atom stereocenters. The molecule has 0 amide bonds. The Labute approximate surface area is 117 Å². The molecule has 0 aliphatic carbocycles. The summed E-state index contributed by atoms with van der Waals surface area (Å²) < 4.78 is 0. The Balaban J connectivity index is 2.40. The Morgan fingerprint density at radius 3 is 1.95 bits per heavy atom. The molecule has 2 aromatic rings. The van der Waals surface area contributed by atoms with E-state index in [1.54, 1.807) is 0 Å². The van der Waals surface area contributed by atoms with Crippen LogP contribution < -0.4 is 0 Å². The first kappa shape index (κ1) is 13.9. The van der Waals surface area contributed by atoms with Crippen molar-refractivity contribution in [3.05, 3.63) is 60.2 Å². The van der Waals surface area contributed by atoms with Crippen molar-refractivity contribution in [1.29, 1.82) is 0 Å². The second-order valence-electron chi connectivity index (χ2n) is 5.23. The van der Waals surface area contributed by atoms with E-state index in [2.05, 4.69) is 68.4 Å². The normalized spacial score (nSPS) is 10.9. The molecule has 0 heteroatoms. The lowest BCUT2D eigenvalue weighted by atomic mass is 9.85. The lowest BCUT2D eigenvalue weighted by Crippen LogP contribution is -2.00. The molecule has 0 aromatic heterocycles. The predicted octanol–water partition coefficient (Wildman–Crippen LogP) is 6.04. The van der Waals surface area contributed by atoms with Crippen LogP contribution in [0.2, 0.25) is 0 Å². The number of hydrogen-bond acceptors (Lipinski definition) is 0. The molecule has 0 bridgehead atoms. The van der Waals surface area contributed by atoms with Crippen LogP contribution in [0.4, 0.5) is 0 Å². The molecule has 0 atom stereocenters. The van der Waals surface area contributed by atoms with Crippen molar-refractivity contribution >= 4 is 0 Å². The average Bonchev–Trinajstić information content (AvgIpc) is 2.48. The zero-order chi connectivity index (χ0) is 13.5. The lowest BCUT2D eigenvalue weighted by Gasteiger charge is -2.20. The van der Waals surface area contributed by atoms with Gasteiger partial charge in [-0.15, -0.1) is 0 Å². The number of benzene rings is 2. The van der Waals surface area contributed by atoms with Crippen LogP contribution >= 0.6 is 0 Å². The van der Waals surface area contributed by atoms with Crippen LogP contribution in [0.15, 0.2) is 54.6 Å². The highest BCUT2D eigenvalue weighted by molar-refractivity contribution is 5.67.